The minimum Gasteiger partial charge on any atom is -0.504 e. The second-order valence-corrected chi connectivity index (χ2v) is 11.3. The van der Waals surface area contributed by atoms with Gasteiger partial charge in [0.1, 0.15) is 0 Å². The average molecular weight is 542 g/mol. The van der Waals surface area contributed by atoms with Crippen LogP contribution in [0.4, 0.5) is 0 Å². The van der Waals surface area contributed by atoms with Gasteiger partial charge in [-0.3, -0.25) is 14.5 Å². The summed E-state index contributed by atoms with van der Waals surface area (Å²) in [5.41, 5.74) is 0.995. The Kier molecular flexibility index (Phi) is 8.17. The van der Waals surface area contributed by atoms with Crippen LogP contribution in [0.3, 0.4) is 0 Å². The van der Waals surface area contributed by atoms with E-state index in [1.165, 1.54) is 9.79 Å². The van der Waals surface area contributed by atoms with E-state index < -0.39 is 11.5 Å². The van der Waals surface area contributed by atoms with Crippen molar-refractivity contribution in [1.29, 1.82) is 0 Å². The number of hydrogen-bond acceptors (Lipinski definition) is 7. The molecule has 4 aromatic rings. The van der Waals surface area contributed by atoms with E-state index in [0.29, 0.717) is 17.7 Å². The number of fused-ring (bicyclic) bond motifs is 2. The van der Waals surface area contributed by atoms with Gasteiger partial charge in [-0.05, 0) is 30.3 Å². The van der Waals surface area contributed by atoms with Crippen molar-refractivity contribution in [3.05, 3.63) is 119 Å². The molecule has 0 radical (unpaired) electrons. The Labute approximate surface area is 230 Å². The largest absolute Gasteiger partial charge is 0.504 e. The van der Waals surface area contributed by atoms with E-state index in [1.807, 2.05) is 36.4 Å². The van der Waals surface area contributed by atoms with E-state index in [-0.39, 0.29) is 28.2 Å². The summed E-state index contributed by atoms with van der Waals surface area (Å²) in [6, 6.07) is 28.5. The van der Waals surface area contributed by atoms with E-state index >= 15 is 0 Å². The van der Waals surface area contributed by atoms with Gasteiger partial charge in [-0.15, -0.1) is 23.5 Å². The molecule has 0 saturated carbocycles. The number of thioether (sulfide) groups is 2. The highest BCUT2D eigenvalue weighted by molar-refractivity contribution is 7.99. The number of nitrogens with zero attached hydrogens (tertiary/aromatic N) is 1. The van der Waals surface area contributed by atoms with Crippen molar-refractivity contribution in [3.8, 4) is 11.5 Å². The average Bonchev–Trinajstić information content (AvgIpc) is 2.95. The number of ketones is 2. The number of hydrogen-bond donors (Lipinski definition) is 2. The van der Waals surface area contributed by atoms with E-state index in [4.69, 9.17) is 0 Å². The Morgan fingerprint density at radius 3 is 1.66 bits per heavy atom. The highest BCUT2D eigenvalue weighted by Gasteiger charge is 2.34. The predicted molar refractivity (Wildman–Crippen MR) is 153 cm³/mol. The molecule has 4 aromatic carbocycles. The molecule has 2 N–H and O–H groups in total. The van der Waals surface area contributed by atoms with Gasteiger partial charge in [0, 0.05) is 63.2 Å². The Balaban J connectivity index is 1.37. The lowest BCUT2D eigenvalue weighted by molar-refractivity contribution is 0.0976. The number of carbonyl (C=O) groups excluding carboxylic acids is 2. The molecule has 1 aliphatic rings. The quantitative estimate of drug-likeness (QED) is 0.160. The zero-order valence-electron chi connectivity index (χ0n) is 20.7. The van der Waals surface area contributed by atoms with Crippen molar-refractivity contribution in [2.24, 2.45) is 0 Å². The molecule has 7 heteroatoms. The molecule has 0 saturated heterocycles. The number of aromatic hydroxyl groups is 2. The van der Waals surface area contributed by atoms with Crippen molar-refractivity contribution < 1.29 is 19.8 Å². The second-order valence-electron chi connectivity index (χ2n) is 8.96. The molecule has 5 nitrogen and oxygen atoms in total. The fourth-order valence-corrected chi connectivity index (χ4v) is 6.40. The molecule has 0 fully saturated rings. The van der Waals surface area contributed by atoms with E-state index in [9.17, 15) is 19.8 Å². The normalized spacial score (nSPS) is 12.4. The first-order chi connectivity index (χ1) is 18.5. The zero-order chi connectivity index (χ0) is 26.5. The Morgan fingerprint density at radius 1 is 0.605 bits per heavy atom. The molecule has 1 aliphatic carbocycles. The molecular weight excluding hydrogens is 514 g/mol. The van der Waals surface area contributed by atoms with Crippen LogP contribution < -0.4 is 0 Å². The maximum atomic E-state index is 13.2. The van der Waals surface area contributed by atoms with Crippen LogP contribution in [0.15, 0.2) is 101 Å². The molecule has 0 amide bonds. The van der Waals surface area contributed by atoms with Gasteiger partial charge >= 0.3 is 0 Å². The third kappa shape index (κ3) is 5.65. The molecule has 0 aromatic heterocycles. The van der Waals surface area contributed by atoms with Crippen molar-refractivity contribution >= 4 is 35.1 Å². The van der Waals surface area contributed by atoms with Crippen LogP contribution in [0.25, 0.3) is 0 Å². The Morgan fingerprint density at radius 2 is 1.11 bits per heavy atom. The predicted octanol–water partition coefficient (Wildman–Crippen LogP) is 6.26. The van der Waals surface area contributed by atoms with Gasteiger partial charge in [0.15, 0.2) is 23.1 Å². The molecule has 0 atom stereocenters. The number of carbonyl (C=O) groups is 2. The maximum Gasteiger partial charge on any atom is 0.198 e. The molecule has 0 unspecified atom stereocenters. The molecular formula is C31H27NO4S2. The lowest BCUT2D eigenvalue weighted by Gasteiger charge is -2.25. The van der Waals surface area contributed by atoms with Crippen molar-refractivity contribution in [3.63, 3.8) is 0 Å². The van der Waals surface area contributed by atoms with E-state index in [2.05, 4.69) is 29.2 Å². The summed E-state index contributed by atoms with van der Waals surface area (Å²) in [5.74, 6) is 0.0242. The Bertz CT molecular complexity index is 1410. The summed E-state index contributed by atoms with van der Waals surface area (Å²) in [6.45, 7) is 1.81. The fourth-order valence-electron chi connectivity index (χ4n) is 4.53. The summed E-state index contributed by atoms with van der Waals surface area (Å²) in [5, 5.41) is 21.8. The maximum absolute atomic E-state index is 13.2. The molecule has 192 valence electrons. The number of benzene rings is 4. The Hall–Kier alpha value is -3.52. The summed E-state index contributed by atoms with van der Waals surface area (Å²) in [7, 11) is 0. The molecule has 38 heavy (non-hydrogen) atoms. The molecule has 0 spiro atoms. The lowest BCUT2D eigenvalue weighted by Crippen LogP contribution is -2.29. The third-order valence-corrected chi connectivity index (χ3v) is 8.46. The number of rotatable bonds is 10. The van der Waals surface area contributed by atoms with Gasteiger partial charge < -0.3 is 10.2 Å². The van der Waals surface area contributed by atoms with Gasteiger partial charge in [-0.1, -0.05) is 60.7 Å². The minimum absolute atomic E-state index is 0.124. The van der Waals surface area contributed by atoms with Crippen LogP contribution in [-0.2, 0) is 6.54 Å². The number of phenolic OH excluding ortho intramolecular Hbond substituents is 2. The van der Waals surface area contributed by atoms with Gasteiger partial charge in [0.05, 0.1) is 5.56 Å². The first-order valence-electron chi connectivity index (χ1n) is 12.4. The summed E-state index contributed by atoms with van der Waals surface area (Å²) in [6.07, 6.45) is 0. The summed E-state index contributed by atoms with van der Waals surface area (Å²) in [4.78, 5) is 30.9. The van der Waals surface area contributed by atoms with Crippen LogP contribution in [0, 0.1) is 0 Å². The topological polar surface area (TPSA) is 77.8 Å². The van der Waals surface area contributed by atoms with Gasteiger partial charge in [0.25, 0.3) is 0 Å². The summed E-state index contributed by atoms with van der Waals surface area (Å²) < 4.78 is 0. The molecule has 0 bridgehead atoms. The van der Waals surface area contributed by atoms with Crippen LogP contribution in [-0.4, -0.2) is 51.3 Å². The second kappa shape index (κ2) is 11.9. The van der Waals surface area contributed by atoms with Crippen molar-refractivity contribution in [2.75, 3.05) is 24.6 Å². The first-order valence-corrected chi connectivity index (χ1v) is 14.3. The highest BCUT2D eigenvalue weighted by atomic mass is 32.2. The van der Waals surface area contributed by atoms with E-state index in [1.54, 1.807) is 53.9 Å². The standard InChI is InChI=1S/C31H27NO4S2/c33-28-21(19-26-27(31(28)36)30(35)25-14-8-7-13-24(25)29(26)34)20-32(15-17-37-22-9-3-1-4-10-22)16-18-38-23-11-5-2-6-12-23/h1-14,19,33,36H,15-18,20H2. The van der Waals surface area contributed by atoms with Gasteiger partial charge in [0.2, 0.25) is 0 Å². The highest BCUT2D eigenvalue weighted by Crippen LogP contribution is 2.41. The van der Waals surface area contributed by atoms with Crippen LogP contribution >= 0.6 is 23.5 Å². The van der Waals surface area contributed by atoms with Crippen LogP contribution in [0.2, 0.25) is 0 Å². The lowest BCUT2D eigenvalue weighted by atomic mass is 9.82. The van der Waals surface area contributed by atoms with Gasteiger partial charge in [-0.25, -0.2) is 0 Å². The first kappa shape index (κ1) is 26.1. The minimum atomic E-state index is -0.525. The third-order valence-electron chi connectivity index (χ3n) is 6.47. The van der Waals surface area contributed by atoms with Gasteiger partial charge in [-0.2, -0.15) is 0 Å². The molecule has 0 heterocycles. The van der Waals surface area contributed by atoms with Crippen LogP contribution in [0.5, 0.6) is 11.5 Å². The monoisotopic (exact) mass is 541 g/mol. The SMILES string of the molecule is O=C1c2ccccc2C(=O)c2c1cc(CN(CCSc1ccccc1)CCSc1ccccc1)c(O)c2O. The van der Waals surface area contributed by atoms with Crippen LogP contribution in [0.1, 0.15) is 37.4 Å². The van der Waals surface area contributed by atoms with E-state index in [0.717, 1.165) is 24.6 Å². The van der Waals surface area contributed by atoms with Crippen molar-refractivity contribution in [2.45, 2.75) is 16.3 Å². The molecule has 5 rings (SSSR count). The smallest absolute Gasteiger partial charge is 0.198 e. The van der Waals surface area contributed by atoms with Crippen molar-refractivity contribution in [1.82, 2.24) is 4.90 Å². The summed E-state index contributed by atoms with van der Waals surface area (Å²) >= 11 is 3.51. The molecule has 0 aliphatic heterocycles. The number of phenols is 2. The zero-order valence-corrected chi connectivity index (χ0v) is 22.3. The fraction of sp³-hybridized carbons (Fsp3) is 0.161.